The number of aliphatic imine (C=N–C) groups is 1. The third-order valence-corrected chi connectivity index (χ3v) is 4.32. The van der Waals surface area contributed by atoms with E-state index in [2.05, 4.69) is 40.3 Å². The van der Waals surface area contributed by atoms with E-state index in [9.17, 15) is 4.79 Å². The van der Waals surface area contributed by atoms with Crippen molar-refractivity contribution in [1.29, 1.82) is 0 Å². The van der Waals surface area contributed by atoms with E-state index in [1.165, 1.54) is 11.1 Å². The summed E-state index contributed by atoms with van der Waals surface area (Å²) >= 11 is 0. The maximum atomic E-state index is 11.8. The van der Waals surface area contributed by atoms with Crippen LogP contribution in [0.25, 0.3) is 0 Å². The first kappa shape index (κ1) is 17.3. The van der Waals surface area contributed by atoms with Gasteiger partial charge in [0, 0.05) is 26.7 Å². The molecule has 0 saturated carbocycles. The lowest BCUT2D eigenvalue weighted by atomic mass is 9.97. The zero-order valence-electron chi connectivity index (χ0n) is 14.3. The van der Waals surface area contributed by atoms with E-state index in [4.69, 9.17) is 4.74 Å². The largest absolute Gasteiger partial charge is 0.466 e. The molecule has 1 aliphatic rings. The van der Waals surface area contributed by atoms with Crippen LogP contribution in [-0.4, -0.2) is 43.6 Å². The lowest BCUT2D eigenvalue weighted by Crippen LogP contribution is -2.46. The predicted molar refractivity (Wildman–Crippen MR) is 92.3 cm³/mol. The van der Waals surface area contributed by atoms with Gasteiger partial charge in [0.1, 0.15) is 0 Å². The molecule has 1 fully saturated rings. The molecule has 126 valence electrons. The van der Waals surface area contributed by atoms with E-state index >= 15 is 0 Å². The van der Waals surface area contributed by atoms with Crippen molar-refractivity contribution < 1.29 is 9.53 Å². The fourth-order valence-corrected chi connectivity index (χ4v) is 2.90. The molecule has 0 radical (unpaired) electrons. The maximum Gasteiger partial charge on any atom is 0.309 e. The van der Waals surface area contributed by atoms with Gasteiger partial charge in [-0.05, 0) is 37.8 Å². The molecule has 1 aromatic rings. The van der Waals surface area contributed by atoms with Gasteiger partial charge in [-0.1, -0.05) is 24.3 Å². The molecule has 2 rings (SSSR count). The van der Waals surface area contributed by atoms with Crippen molar-refractivity contribution in [3.63, 3.8) is 0 Å². The lowest BCUT2D eigenvalue weighted by Gasteiger charge is -2.33. The quantitative estimate of drug-likeness (QED) is 0.526. The summed E-state index contributed by atoms with van der Waals surface area (Å²) < 4.78 is 5.12. The van der Waals surface area contributed by atoms with Gasteiger partial charge in [0.2, 0.25) is 0 Å². The van der Waals surface area contributed by atoms with Gasteiger partial charge in [-0.25, -0.2) is 0 Å². The minimum atomic E-state index is -0.0602. The van der Waals surface area contributed by atoms with Crippen molar-refractivity contribution in [2.24, 2.45) is 10.9 Å². The van der Waals surface area contributed by atoms with Crippen molar-refractivity contribution in [3.8, 4) is 0 Å². The summed E-state index contributed by atoms with van der Waals surface area (Å²) in [5.41, 5.74) is 2.55. The lowest BCUT2D eigenvalue weighted by molar-refractivity contribution is -0.149. The van der Waals surface area contributed by atoms with Crippen LogP contribution in [0.5, 0.6) is 0 Å². The van der Waals surface area contributed by atoms with Crippen molar-refractivity contribution in [3.05, 3.63) is 35.4 Å². The average molecular weight is 317 g/mol. The second-order valence-corrected chi connectivity index (χ2v) is 5.84. The highest BCUT2D eigenvalue weighted by atomic mass is 16.5. The summed E-state index contributed by atoms with van der Waals surface area (Å²) in [6.07, 6.45) is 1.65. The van der Waals surface area contributed by atoms with Gasteiger partial charge in [0.25, 0.3) is 0 Å². The highest BCUT2D eigenvalue weighted by molar-refractivity contribution is 5.80. The summed E-state index contributed by atoms with van der Waals surface area (Å²) in [7, 11) is 1.80. The number of hydrogen-bond acceptors (Lipinski definition) is 3. The van der Waals surface area contributed by atoms with Crippen molar-refractivity contribution in [2.45, 2.75) is 33.2 Å². The maximum absolute atomic E-state index is 11.8. The Bertz CT molecular complexity index is 549. The molecule has 1 N–H and O–H groups in total. The van der Waals surface area contributed by atoms with Crippen LogP contribution in [0.3, 0.4) is 0 Å². The number of nitrogens with one attached hydrogen (secondary N) is 1. The Kier molecular flexibility index (Phi) is 6.44. The van der Waals surface area contributed by atoms with Gasteiger partial charge in [-0.2, -0.15) is 0 Å². The number of carbonyl (C=O) groups excluding carboxylic acids is 1. The van der Waals surface area contributed by atoms with Gasteiger partial charge >= 0.3 is 5.97 Å². The molecule has 1 aliphatic heterocycles. The number of carbonyl (C=O) groups is 1. The van der Waals surface area contributed by atoms with Crippen LogP contribution in [0.15, 0.2) is 29.3 Å². The van der Waals surface area contributed by atoms with Crippen LogP contribution in [0.1, 0.15) is 30.9 Å². The summed E-state index contributed by atoms with van der Waals surface area (Å²) in [4.78, 5) is 18.4. The minimum Gasteiger partial charge on any atom is -0.466 e. The molecule has 1 aromatic carbocycles. The van der Waals surface area contributed by atoms with Crippen LogP contribution < -0.4 is 5.32 Å². The molecule has 0 unspecified atom stereocenters. The van der Waals surface area contributed by atoms with E-state index in [1.807, 2.05) is 13.0 Å². The number of likely N-dealkylation sites (tertiary alicyclic amines) is 1. The minimum absolute atomic E-state index is 0.0284. The Hall–Kier alpha value is -2.04. The van der Waals surface area contributed by atoms with Crippen LogP contribution in [0, 0.1) is 12.8 Å². The van der Waals surface area contributed by atoms with E-state index in [0.29, 0.717) is 6.61 Å². The third kappa shape index (κ3) is 4.71. The number of guanidine groups is 1. The third-order valence-electron chi connectivity index (χ3n) is 4.32. The van der Waals surface area contributed by atoms with Crippen molar-refractivity contribution in [1.82, 2.24) is 10.2 Å². The molecule has 0 aromatic heterocycles. The fourth-order valence-electron chi connectivity index (χ4n) is 2.90. The Morgan fingerprint density at radius 2 is 2.04 bits per heavy atom. The van der Waals surface area contributed by atoms with E-state index in [0.717, 1.165) is 38.4 Å². The molecule has 23 heavy (non-hydrogen) atoms. The van der Waals surface area contributed by atoms with Gasteiger partial charge in [-0.15, -0.1) is 0 Å². The molecule has 0 atom stereocenters. The summed E-state index contributed by atoms with van der Waals surface area (Å²) in [6.45, 7) is 6.85. The average Bonchev–Trinajstić information content (AvgIpc) is 2.57. The first-order chi connectivity index (χ1) is 11.2. The summed E-state index contributed by atoms with van der Waals surface area (Å²) in [5, 5.41) is 3.43. The number of esters is 1. The van der Waals surface area contributed by atoms with Crippen molar-refractivity contribution >= 4 is 11.9 Å². The van der Waals surface area contributed by atoms with Crippen molar-refractivity contribution in [2.75, 3.05) is 26.7 Å². The van der Waals surface area contributed by atoms with E-state index < -0.39 is 0 Å². The Balaban J connectivity index is 1.86. The molecule has 1 heterocycles. The highest BCUT2D eigenvalue weighted by Gasteiger charge is 2.27. The van der Waals surface area contributed by atoms with E-state index in [-0.39, 0.29) is 11.9 Å². The number of nitrogens with zero attached hydrogens (tertiary/aromatic N) is 2. The van der Waals surface area contributed by atoms with Gasteiger partial charge in [0.05, 0.1) is 12.5 Å². The topological polar surface area (TPSA) is 53.9 Å². The predicted octanol–water partition coefficient (Wildman–Crippen LogP) is 2.35. The summed E-state index contributed by atoms with van der Waals surface area (Å²) in [5.74, 6) is 0.867. The summed E-state index contributed by atoms with van der Waals surface area (Å²) in [6, 6.07) is 8.35. The second kappa shape index (κ2) is 8.56. The van der Waals surface area contributed by atoms with Gasteiger partial charge in [0.15, 0.2) is 5.96 Å². The highest BCUT2D eigenvalue weighted by Crippen LogP contribution is 2.19. The zero-order valence-corrected chi connectivity index (χ0v) is 14.3. The van der Waals surface area contributed by atoms with Crippen LogP contribution >= 0.6 is 0 Å². The van der Waals surface area contributed by atoms with E-state index in [1.54, 1.807) is 7.05 Å². The molecule has 0 spiro atoms. The number of benzene rings is 1. The number of ether oxygens (including phenoxy) is 1. The Morgan fingerprint density at radius 1 is 1.35 bits per heavy atom. The monoisotopic (exact) mass is 317 g/mol. The van der Waals surface area contributed by atoms with Gasteiger partial charge in [-0.3, -0.25) is 9.79 Å². The molecule has 5 nitrogen and oxygen atoms in total. The SMILES string of the molecule is CCOC(=O)C1CCN(C(=NC)NCc2ccccc2C)CC1. The van der Waals surface area contributed by atoms with Crippen LogP contribution in [0.2, 0.25) is 0 Å². The first-order valence-corrected chi connectivity index (χ1v) is 8.32. The number of rotatable bonds is 4. The Labute approximate surface area is 138 Å². The number of hydrogen-bond donors (Lipinski definition) is 1. The van der Waals surface area contributed by atoms with Crippen LogP contribution in [-0.2, 0) is 16.1 Å². The van der Waals surface area contributed by atoms with Gasteiger partial charge < -0.3 is 15.0 Å². The molecule has 0 aliphatic carbocycles. The molecule has 0 bridgehead atoms. The molecule has 5 heteroatoms. The first-order valence-electron chi connectivity index (χ1n) is 8.32. The molecule has 1 saturated heterocycles. The number of aryl methyl sites for hydroxylation is 1. The molecular formula is C18H27N3O2. The molecular weight excluding hydrogens is 290 g/mol. The standard InChI is InChI=1S/C18H27N3O2/c1-4-23-17(22)15-9-11-21(12-10-15)18(19-3)20-13-16-8-6-5-7-14(16)2/h5-8,15H,4,9-13H2,1-3H3,(H,19,20). The smallest absolute Gasteiger partial charge is 0.309 e. The van der Waals surface area contributed by atoms with Crippen LogP contribution in [0.4, 0.5) is 0 Å². The second-order valence-electron chi connectivity index (χ2n) is 5.84. The molecule has 0 amide bonds. The zero-order chi connectivity index (χ0) is 16.7. The Morgan fingerprint density at radius 3 is 2.65 bits per heavy atom. The fraction of sp³-hybridized carbons (Fsp3) is 0.556. The normalized spacial score (nSPS) is 16.3. The number of piperidine rings is 1.